The van der Waals surface area contributed by atoms with Crippen LogP contribution in [0, 0.1) is 6.92 Å². The summed E-state index contributed by atoms with van der Waals surface area (Å²) in [4.78, 5) is 0. The maximum Gasteiger partial charge on any atom is 0.0584 e. The number of hydrogen-bond donors (Lipinski definition) is 2. The number of rotatable bonds is 2. The highest BCUT2D eigenvalue weighted by Gasteiger charge is 2.25. The third kappa shape index (κ3) is 1.81. The lowest BCUT2D eigenvalue weighted by atomic mass is 9.93. The topological polar surface area (TPSA) is 32.3 Å². The molecule has 1 aliphatic rings. The minimum absolute atomic E-state index is 0.252. The standard InChI is InChI=1S/C12H17NO/c1-9-4-2-3-5-12(9)10-6-11(8-14)13-7-10/h2-5,10-11,13-14H,6-8H2,1H3. The summed E-state index contributed by atoms with van der Waals surface area (Å²) in [6.45, 7) is 3.40. The highest BCUT2D eigenvalue weighted by atomic mass is 16.3. The van der Waals surface area contributed by atoms with Gasteiger partial charge in [0.05, 0.1) is 6.61 Å². The second kappa shape index (κ2) is 4.11. The van der Waals surface area contributed by atoms with Crippen molar-refractivity contribution in [3.05, 3.63) is 35.4 Å². The lowest BCUT2D eigenvalue weighted by molar-refractivity contribution is 0.254. The van der Waals surface area contributed by atoms with Gasteiger partial charge in [-0.25, -0.2) is 0 Å². The molecular weight excluding hydrogens is 174 g/mol. The van der Waals surface area contributed by atoms with Crippen molar-refractivity contribution in [2.75, 3.05) is 13.2 Å². The molecule has 1 fully saturated rings. The Morgan fingerprint density at radius 2 is 2.21 bits per heavy atom. The fourth-order valence-corrected chi connectivity index (χ4v) is 2.24. The maximum atomic E-state index is 9.04. The summed E-state index contributed by atoms with van der Waals surface area (Å²) in [5.74, 6) is 0.577. The predicted molar refractivity (Wildman–Crippen MR) is 57.4 cm³/mol. The van der Waals surface area contributed by atoms with Gasteiger partial charge in [-0.15, -0.1) is 0 Å². The summed E-state index contributed by atoms with van der Waals surface area (Å²) in [7, 11) is 0. The highest BCUT2D eigenvalue weighted by molar-refractivity contribution is 5.30. The normalized spacial score (nSPS) is 26.7. The van der Waals surface area contributed by atoms with Gasteiger partial charge in [0.2, 0.25) is 0 Å². The van der Waals surface area contributed by atoms with Crippen molar-refractivity contribution in [2.45, 2.75) is 25.3 Å². The zero-order chi connectivity index (χ0) is 9.97. The first-order valence-electron chi connectivity index (χ1n) is 5.21. The van der Waals surface area contributed by atoms with Crippen LogP contribution < -0.4 is 5.32 Å². The monoisotopic (exact) mass is 191 g/mol. The van der Waals surface area contributed by atoms with Crippen LogP contribution in [0.25, 0.3) is 0 Å². The van der Waals surface area contributed by atoms with E-state index >= 15 is 0 Å². The van der Waals surface area contributed by atoms with Crippen LogP contribution in [0.4, 0.5) is 0 Å². The largest absolute Gasteiger partial charge is 0.395 e. The number of aliphatic hydroxyl groups is 1. The van der Waals surface area contributed by atoms with Crippen LogP contribution in [0.15, 0.2) is 24.3 Å². The van der Waals surface area contributed by atoms with Gasteiger partial charge in [-0.1, -0.05) is 24.3 Å². The second-order valence-electron chi connectivity index (χ2n) is 4.08. The van der Waals surface area contributed by atoms with E-state index in [-0.39, 0.29) is 6.61 Å². The molecule has 1 aromatic rings. The van der Waals surface area contributed by atoms with Crippen LogP contribution in [0.5, 0.6) is 0 Å². The summed E-state index contributed by atoms with van der Waals surface area (Å²) in [6.07, 6.45) is 1.06. The van der Waals surface area contributed by atoms with E-state index in [0.29, 0.717) is 12.0 Å². The van der Waals surface area contributed by atoms with Gasteiger partial charge in [0, 0.05) is 12.6 Å². The van der Waals surface area contributed by atoms with E-state index in [9.17, 15) is 0 Å². The summed E-state index contributed by atoms with van der Waals surface area (Å²) < 4.78 is 0. The van der Waals surface area contributed by atoms with Gasteiger partial charge in [-0.2, -0.15) is 0 Å². The van der Waals surface area contributed by atoms with Gasteiger partial charge in [0.1, 0.15) is 0 Å². The Hall–Kier alpha value is -0.860. The molecule has 0 bridgehead atoms. The Kier molecular flexibility index (Phi) is 2.85. The molecule has 0 aliphatic carbocycles. The molecule has 1 aliphatic heterocycles. The molecular formula is C12H17NO. The van der Waals surface area contributed by atoms with Gasteiger partial charge in [-0.3, -0.25) is 0 Å². The summed E-state index contributed by atoms with van der Waals surface area (Å²) in [5.41, 5.74) is 2.79. The van der Waals surface area contributed by atoms with E-state index in [1.807, 2.05) is 0 Å². The number of hydrogen-bond acceptors (Lipinski definition) is 2. The SMILES string of the molecule is Cc1ccccc1C1CNC(CO)C1. The minimum Gasteiger partial charge on any atom is -0.395 e. The Balaban J connectivity index is 2.13. The Morgan fingerprint density at radius 1 is 1.43 bits per heavy atom. The average Bonchev–Trinajstić information content (AvgIpc) is 2.67. The van der Waals surface area contributed by atoms with Crippen molar-refractivity contribution in [3.8, 4) is 0 Å². The summed E-state index contributed by atoms with van der Waals surface area (Å²) in [6, 6.07) is 8.81. The number of aliphatic hydroxyl groups excluding tert-OH is 1. The number of nitrogens with one attached hydrogen (secondary N) is 1. The van der Waals surface area contributed by atoms with Gasteiger partial charge in [0.25, 0.3) is 0 Å². The molecule has 76 valence electrons. The molecule has 2 rings (SSSR count). The van der Waals surface area contributed by atoms with E-state index in [1.165, 1.54) is 11.1 Å². The fourth-order valence-electron chi connectivity index (χ4n) is 2.24. The van der Waals surface area contributed by atoms with E-state index in [0.717, 1.165) is 13.0 Å². The van der Waals surface area contributed by atoms with Gasteiger partial charge < -0.3 is 10.4 Å². The van der Waals surface area contributed by atoms with Crippen LogP contribution in [0.1, 0.15) is 23.5 Å². The van der Waals surface area contributed by atoms with Crippen molar-refractivity contribution in [3.63, 3.8) is 0 Å². The molecule has 0 saturated carbocycles. The molecule has 2 atom stereocenters. The molecule has 1 heterocycles. The third-order valence-electron chi connectivity index (χ3n) is 3.07. The Morgan fingerprint density at radius 3 is 2.86 bits per heavy atom. The Labute approximate surface area is 85.0 Å². The highest BCUT2D eigenvalue weighted by Crippen LogP contribution is 2.27. The van der Waals surface area contributed by atoms with Crippen LogP contribution in [0.2, 0.25) is 0 Å². The van der Waals surface area contributed by atoms with Crippen molar-refractivity contribution >= 4 is 0 Å². The van der Waals surface area contributed by atoms with Crippen molar-refractivity contribution in [1.29, 1.82) is 0 Å². The molecule has 2 N–H and O–H groups in total. The van der Waals surface area contributed by atoms with Crippen LogP contribution in [-0.2, 0) is 0 Å². The quantitative estimate of drug-likeness (QED) is 0.741. The molecule has 2 nitrogen and oxygen atoms in total. The van der Waals surface area contributed by atoms with E-state index in [4.69, 9.17) is 5.11 Å². The average molecular weight is 191 g/mol. The predicted octanol–water partition coefficient (Wildman–Crippen LogP) is 1.43. The van der Waals surface area contributed by atoms with Crippen molar-refractivity contribution < 1.29 is 5.11 Å². The fraction of sp³-hybridized carbons (Fsp3) is 0.500. The van der Waals surface area contributed by atoms with Crippen LogP contribution in [-0.4, -0.2) is 24.3 Å². The van der Waals surface area contributed by atoms with E-state index in [2.05, 4.69) is 36.5 Å². The molecule has 2 heteroatoms. The molecule has 1 aromatic carbocycles. The zero-order valence-electron chi connectivity index (χ0n) is 8.53. The van der Waals surface area contributed by atoms with Gasteiger partial charge in [-0.05, 0) is 30.4 Å². The summed E-state index contributed by atoms with van der Waals surface area (Å²) >= 11 is 0. The number of benzene rings is 1. The van der Waals surface area contributed by atoms with E-state index in [1.54, 1.807) is 0 Å². The van der Waals surface area contributed by atoms with Crippen LogP contribution >= 0.6 is 0 Å². The number of aryl methyl sites for hydroxylation is 1. The minimum atomic E-state index is 0.252. The van der Waals surface area contributed by atoms with Gasteiger partial charge in [0.15, 0.2) is 0 Å². The molecule has 14 heavy (non-hydrogen) atoms. The van der Waals surface area contributed by atoms with E-state index < -0.39 is 0 Å². The van der Waals surface area contributed by atoms with Crippen LogP contribution in [0.3, 0.4) is 0 Å². The van der Waals surface area contributed by atoms with Gasteiger partial charge >= 0.3 is 0 Å². The molecule has 0 aromatic heterocycles. The first kappa shape index (κ1) is 9.69. The molecule has 0 spiro atoms. The molecule has 2 unspecified atom stereocenters. The third-order valence-corrected chi connectivity index (χ3v) is 3.07. The first-order chi connectivity index (χ1) is 6.81. The van der Waals surface area contributed by atoms with Crippen molar-refractivity contribution in [2.24, 2.45) is 0 Å². The maximum absolute atomic E-state index is 9.04. The Bertz CT molecular complexity index is 311. The second-order valence-corrected chi connectivity index (χ2v) is 4.08. The molecule has 0 amide bonds. The zero-order valence-corrected chi connectivity index (χ0v) is 8.53. The lowest BCUT2D eigenvalue weighted by Crippen LogP contribution is -2.24. The first-order valence-corrected chi connectivity index (χ1v) is 5.21. The lowest BCUT2D eigenvalue weighted by Gasteiger charge is -2.12. The van der Waals surface area contributed by atoms with Crippen molar-refractivity contribution in [1.82, 2.24) is 5.32 Å². The molecule has 1 saturated heterocycles. The molecule has 0 radical (unpaired) electrons. The summed E-state index contributed by atoms with van der Waals surface area (Å²) in [5, 5.41) is 12.4. The smallest absolute Gasteiger partial charge is 0.0584 e.